The van der Waals surface area contributed by atoms with Gasteiger partial charge in [-0.05, 0) is 5.56 Å². The highest BCUT2D eigenvalue weighted by Gasteiger charge is 2.18. The standard InChI is InChI=1S/C13H18N2/c1-2-9-15-10-8-14-13(11-15)12-6-4-3-5-7-12/h2-7,13-14H,1,8-11H2. The van der Waals surface area contributed by atoms with Gasteiger partial charge in [0.25, 0.3) is 0 Å². The molecule has 1 aliphatic heterocycles. The Hall–Kier alpha value is -1.12. The molecular weight excluding hydrogens is 184 g/mol. The normalized spacial score (nSPS) is 22.5. The van der Waals surface area contributed by atoms with Gasteiger partial charge in [-0.1, -0.05) is 36.4 Å². The van der Waals surface area contributed by atoms with Gasteiger partial charge in [0.1, 0.15) is 0 Å². The van der Waals surface area contributed by atoms with Crippen molar-refractivity contribution in [3.63, 3.8) is 0 Å². The molecule has 0 amide bonds. The van der Waals surface area contributed by atoms with Crippen LogP contribution in [0.3, 0.4) is 0 Å². The summed E-state index contributed by atoms with van der Waals surface area (Å²) in [5, 5.41) is 3.55. The summed E-state index contributed by atoms with van der Waals surface area (Å²) in [6.07, 6.45) is 1.98. The lowest BCUT2D eigenvalue weighted by Gasteiger charge is -2.33. The van der Waals surface area contributed by atoms with Gasteiger partial charge in [0.15, 0.2) is 0 Å². The van der Waals surface area contributed by atoms with Crippen molar-refractivity contribution in [1.29, 1.82) is 0 Å². The zero-order valence-corrected chi connectivity index (χ0v) is 9.02. The number of benzene rings is 1. The predicted octanol–water partition coefficient (Wildman–Crippen LogP) is 1.82. The summed E-state index contributed by atoms with van der Waals surface area (Å²) in [5.74, 6) is 0. The fraction of sp³-hybridized carbons (Fsp3) is 0.385. The number of nitrogens with one attached hydrogen (secondary N) is 1. The molecule has 0 saturated carbocycles. The van der Waals surface area contributed by atoms with Gasteiger partial charge >= 0.3 is 0 Å². The van der Waals surface area contributed by atoms with Crippen LogP contribution in [0.15, 0.2) is 43.0 Å². The van der Waals surface area contributed by atoms with Crippen molar-refractivity contribution in [2.24, 2.45) is 0 Å². The van der Waals surface area contributed by atoms with Gasteiger partial charge in [-0.2, -0.15) is 0 Å². The van der Waals surface area contributed by atoms with Crippen molar-refractivity contribution in [2.75, 3.05) is 26.2 Å². The van der Waals surface area contributed by atoms with Crippen LogP contribution in [0.1, 0.15) is 11.6 Å². The molecule has 1 fully saturated rings. The summed E-state index contributed by atoms with van der Waals surface area (Å²) in [7, 11) is 0. The molecule has 1 atom stereocenters. The number of hydrogen-bond donors (Lipinski definition) is 1. The second-order valence-corrected chi connectivity index (χ2v) is 3.97. The lowest BCUT2D eigenvalue weighted by atomic mass is 10.0. The number of hydrogen-bond acceptors (Lipinski definition) is 2. The quantitative estimate of drug-likeness (QED) is 0.752. The van der Waals surface area contributed by atoms with Gasteiger partial charge < -0.3 is 5.32 Å². The van der Waals surface area contributed by atoms with Gasteiger partial charge in [0, 0.05) is 32.2 Å². The molecule has 0 spiro atoms. The van der Waals surface area contributed by atoms with Crippen molar-refractivity contribution in [3.8, 4) is 0 Å². The Labute approximate surface area is 91.6 Å². The second-order valence-electron chi connectivity index (χ2n) is 3.97. The molecule has 1 aromatic rings. The van der Waals surface area contributed by atoms with Crippen LogP contribution in [0.2, 0.25) is 0 Å². The largest absolute Gasteiger partial charge is 0.308 e. The molecular formula is C13H18N2. The Kier molecular flexibility index (Phi) is 3.54. The lowest BCUT2D eigenvalue weighted by molar-refractivity contribution is 0.219. The Morgan fingerprint density at radius 3 is 2.93 bits per heavy atom. The highest BCUT2D eigenvalue weighted by Crippen LogP contribution is 2.16. The van der Waals surface area contributed by atoms with Gasteiger partial charge in [-0.3, -0.25) is 4.90 Å². The van der Waals surface area contributed by atoms with Crippen LogP contribution >= 0.6 is 0 Å². The summed E-state index contributed by atoms with van der Waals surface area (Å²) >= 11 is 0. The van der Waals surface area contributed by atoms with Crippen LogP contribution in [0.4, 0.5) is 0 Å². The zero-order valence-electron chi connectivity index (χ0n) is 9.02. The zero-order chi connectivity index (χ0) is 10.5. The number of piperazine rings is 1. The maximum atomic E-state index is 3.79. The first-order valence-electron chi connectivity index (χ1n) is 5.52. The SMILES string of the molecule is C=CCN1CCNC(c2ccccc2)C1. The fourth-order valence-electron chi connectivity index (χ4n) is 2.07. The van der Waals surface area contributed by atoms with Crippen LogP contribution in [-0.4, -0.2) is 31.1 Å². The Bertz CT molecular complexity index is 308. The van der Waals surface area contributed by atoms with E-state index in [2.05, 4.69) is 47.1 Å². The highest BCUT2D eigenvalue weighted by molar-refractivity contribution is 5.19. The topological polar surface area (TPSA) is 15.3 Å². The van der Waals surface area contributed by atoms with E-state index in [0.29, 0.717) is 6.04 Å². The average Bonchev–Trinajstić information content (AvgIpc) is 2.31. The predicted molar refractivity (Wildman–Crippen MR) is 63.8 cm³/mol. The summed E-state index contributed by atoms with van der Waals surface area (Å²) in [5.41, 5.74) is 1.38. The molecule has 80 valence electrons. The smallest absolute Gasteiger partial charge is 0.0449 e. The van der Waals surface area contributed by atoms with Crippen molar-refractivity contribution in [3.05, 3.63) is 48.6 Å². The summed E-state index contributed by atoms with van der Waals surface area (Å²) in [4.78, 5) is 2.43. The molecule has 2 heteroatoms. The fourth-order valence-corrected chi connectivity index (χ4v) is 2.07. The van der Waals surface area contributed by atoms with E-state index in [-0.39, 0.29) is 0 Å². The number of rotatable bonds is 3. The third-order valence-electron chi connectivity index (χ3n) is 2.85. The van der Waals surface area contributed by atoms with Crippen molar-refractivity contribution < 1.29 is 0 Å². The van der Waals surface area contributed by atoms with Gasteiger partial charge in [-0.25, -0.2) is 0 Å². The van der Waals surface area contributed by atoms with Gasteiger partial charge in [-0.15, -0.1) is 6.58 Å². The van der Waals surface area contributed by atoms with Gasteiger partial charge in [0.2, 0.25) is 0 Å². The molecule has 1 unspecified atom stereocenters. The molecule has 1 heterocycles. The maximum Gasteiger partial charge on any atom is 0.0449 e. The van der Waals surface area contributed by atoms with E-state index in [1.165, 1.54) is 5.56 Å². The van der Waals surface area contributed by atoms with Crippen LogP contribution in [-0.2, 0) is 0 Å². The van der Waals surface area contributed by atoms with E-state index < -0.39 is 0 Å². The molecule has 0 aliphatic carbocycles. The Morgan fingerprint density at radius 1 is 1.40 bits per heavy atom. The monoisotopic (exact) mass is 202 g/mol. The molecule has 0 bridgehead atoms. The lowest BCUT2D eigenvalue weighted by Crippen LogP contribution is -2.45. The van der Waals surface area contributed by atoms with E-state index in [0.717, 1.165) is 26.2 Å². The molecule has 1 aliphatic rings. The molecule has 15 heavy (non-hydrogen) atoms. The average molecular weight is 202 g/mol. The minimum absolute atomic E-state index is 0.472. The second kappa shape index (κ2) is 5.10. The molecule has 2 nitrogen and oxygen atoms in total. The summed E-state index contributed by atoms with van der Waals surface area (Å²) < 4.78 is 0. The van der Waals surface area contributed by atoms with Crippen molar-refractivity contribution in [1.82, 2.24) is 10.2 Å². The minimum Gasteiger partial charge on any atom is -0.308 e. The van der Waals surface area contributed by atoms with Crippen LogP contribution in [0, 0.1) is 0 Å². The maximum absolute atomic E-state index is 3.79. The van der Waals surface area contributed by atoms with Crippen LogP contribution in [0.25, 0.3) is 0 Å². The van der Waals surface area contributed by atoms with Crippen LogP contribution in [0.5, 0.6) is 0 Å². The van der Waals surface area contributed by atoms with E-state index in [1.54, 1.807) is 0 Å². The molecule has 0 radical (unpaired) electrons. The van der Waals surface area contributed by atoms with E-state index >= 15 is 0 Å². The summed E-state index contributed by atoms with van der Waals surface area (Å²) in [6, 6.07) is 11.1. The molecule has 2 rings (SSSR count). The Balaban J connectivity index is 2.01. The first-order valence-corrected chi connectivity index (χ1v) is 5.52. The minimum atomic E-state index is 0.472. The first-order chi connectivity index (χ1) is 7.40. The molecule has 1 N–H and O–H groups in total. The molecule has 1 saturated heterocycles. The highest BCUT2D eigenvalue weighted by atomic mass is 15.2. The third kappa shape index (κ3) is 2.67. The third-order valence-corrected chi connectivity index (χ3v) is 2.85. The number of nitrogens with zero attached hydrogens (tertiary/aromatic N) is 1. The molecule has 0 aromatic heterocycles. The van der Waals surface area contributed by atoms with Crippen LogP contribution < -0.4 is 5.32 Å². The van der Waals surface area contributed by atoms with Crippen molar-refractivity contribution in [2.45, 2.75) is 6.04 Å². The summed E-state index contributed by atoms with van der Waals surface area (Å²) in [6.45, 7) is 8.04. The first kappa shape index (κ1) is 10.4. The molecule has 1 aromatic carbocycles. The van der Waals surface area contributed by atoms with E-state index in [4.69, 9.17) is 0 Å². The van der Waals surface area contributed by atoms with Crippen molar-refractivity contribution >= 4 is 0 Å². The van der Waals surface area contributed by atoms with E-state index in [9.17, 15) is 0 Å². The van der Waals surface area contributed by atoms with E-state index in [1.807, 2.05) is 6.08 Å². The van der Waals surface area contributed by atoms with Gasteiger partial charge in [0.05, 0.1) is 0 Å². The Morgan fingerprint density at radius 2 is 2.20 bits per heavy atom.